The molecule has 3 heterocycles. The Hall–Kier alpha value is -3.15. The minimum Gasteiger partial charge on any atom is -0.504 e. The van der Waals surface area contributed by atoms with Crippen LogP contribution < -0.4 is 9.64 Å². The van der Waals surface area contributed by atoms with E-state index in [2.05, 4.69) is 4.98 Å². The number of aromatic nitrogens is 1. The molecule has 1 fully saturated rings. The van der Waals surface area contributed by atoms with E-state index >= 15 is 0 Å². The highest BCUT2D eigenvalue weighted by atomic mass is 32.2. The number of carbonyl (C=O) groups excluding carboxylic acids is 3. The number of hydrogen-bond acceptors (Lipinski definition) is 9. The number of H-pyrrole nitrogens is 1. The van der Waals surface area contributed by atoms with Crippen LogP contribution in [0.5, 0.6) is 11.5 Å². The molecule has 1 saturated heterocycles. The fourth-order valence-electron chi connectivity index (χ4n) is 4.49. The number of benzene rings is 2. The molecule has 5 rings (SSSR count). The van der Waals surface area contributed by atoms with Gasteiger partial charge in [-0.25, -0.2) is 9.69 Å². The number of carbonyl (C=O) groups is 3. The van der Waals surface area contributed by atoms with Crippen molar-refractivity contribution in [2.75, 3.05) is 18.6 Å². The van der Waals surface area contributed by atoms with Crippen molar-refractivity contribution in [2.24, 2.45) is 5.92 Å². The Morgan fingerprint density at radius 3 is 2.57 bits per heavy atom. The number of rotatable bonds is 5. The fourth-order valence-corrected chi connectivity index (χ4v) is 7.45. The minimum absolute atomic E-state index is 0.0522. The van der Waals surface area contributed by atoms with Gasteiger partial charge in [0.05, 0.1) is 35.9 Å². The SMILES string of the molecule is CCOC(=O)c1ccc(N2C(=O)[C@H]3[C@H](c4ccc(OC)c(O)c4)c4sc(=S)[nH]c4S[C@@H]3C2=O)cc1. The van der Waals surface area contributed by atoms with Crippen LogP contribution in [0.2, 0.25) is 0 Å². The lowest BCUT2D eigenvalue weighted by atomic mass is 9.83. The summed E-state index contributed by atoms with van der Waals surface area (Å²) in [7, 11) is 1.46. The molecule has 2 N–H and O–H groups in total. The van der Waals surface area contributed by atoms with Gasteiger partial charge in [-0.15, -0.1) is 11.3 Å². The second-order valence-electron chi connectivity index (χ2n) is 7.96. The molecule has 0 bridgehead atoms. The molecular weight excluding hydrogens is 508 g/mol. The predicted octanol–water partition coefficient (Wildman–Crippen LogP) is 4.49. The number of imide groups is 1. The highest BCUT2D eigenvalue weighted by molar-refractivity contribution is 8.01. The lowest BCUT2D eigenvalue weighted by molar-refractivity contribution is -0.122. The van der Waals surface area contributed by atoms with Gasteiger partial charge in [0.2, 0.25) is 11.8 Å². The van der Waals surface area contributed by atoms with Crippen molar-refractivity contribution in [1.29, 1.82) is 0 Å². The molecule has 3 atom stereocenters. The maximum Gasteiger partial charge on any atom is 0.338 e. The van der Waals surface area contributed by atoms with Gasteiger partial charge in [-0.2, -0.15) is 0 Å². The minimum atomic E-state index is -0.695. The Kier molecular flexibility index (Phi) is 6.16. The van der Waals surface area contributed by atoms with E-state index in [-0.39, 0.29) is 24.2 Å². The number of thioether (sulfide) groups is 1. The van der Waals surface area contributed by atoms with Crippen LogP contribution >= 0.6 is 35.3 Å². The van der Waals surface area contributed by atoms with Crippen LogP contribution in [0.25, 0.3) is 0 Å². The smallest absolute Gasteiger partial charge is 0.338 e. The summed E-state index contributed by atoms with van der Waals surface area (Å²) >= 11 is 8.01. The van der Waals surface area contributed by atoms with Gasteiger partial charge in [-0.3, -0.25) is 9.59 Å². The highest BCUT2D eigenvalue weighted by Gasteiger charge is 2.56. The zero-order chi connectivity index (χ0) is 24.9. The molecule has 180 valence electrons. The normalized spacial score (nSPS) is 21.0. The average Bonchev–Trinajstić information content (AvgIpc) is 3.33. The molecule has 8 nitrogen and oxygen atoms in total. The van der Waals surface area contributed by atoms with Crippen LogP contribution in [0, 0.1) is 9.87 Å². The van der Waals surface area contributed by atoms with Crippen molar-refractivity contribution in [2.45, 2.75) is 23.1 Å². The summed E-state index contributed by atoms with van der Waals surface area (Å²) in [6.45, 7) is 1.97. The number of esters is 1. The van der Waals surface area contributed by atoms with Crippen molar-refractivity contribution in [3.05, 3.63) is 62.4 Å². The van der Waals surface area contributed by atoms with Gasteiger partial charge < -0.3 is 19.6 Å². The Morgan fingerprint density at radius 2 is 1.91 bits per heavy atom. The van der Waals surface area contributed by atoms with E-state index in [1.807, 2.05) is 0 Å². The molecule has 0 saturated carbocycles. The summed E-state index contributed by atoms with van der Waals surface area (Å²) in [5, 5.41) is 10.5. The fraction of sp³-hybridized carbons (Fsp3) is 0.250. The lowest BCUT2D eigenvalue weighted by Gasteiger charge is -2.30. The molecule has 3 aromatic rings. The molecule has 0 radical (unpaired) electrons. The third kappa shape index (κ3) is 3.93. The van der Waals surface area contributed by atoms with Crippen molar-refractivity contribution in [3.63, 3.8) is 0 Å². The first-order valence-electron chi connectivity index (χ1n) is 10.8. The number of phenols is 1. The predicted molar refractivity (Wildman–Crippen MR) is 134 cm³/mol. The van der Waals surface area contributed by atoms with Gasteiger partial charge in [-0.05, 0) is 61.1 Å². The van der Waals surface area contributed by atoms with Crippen LogP contribution in [0.3, 0.4) is 0 Å². The summed E-state index contributed by atoms with van der Waals surface area (Å²) < 4.78 is 10.7. The number of nitrogens with one attached hydrogen (secondary N) is 1. The monoisotopic (exact) mass is 528 g/mol. The van der Waals surface area contributed by atoms with Gasteiger partial charge >= 0.3 is 5.97 Å². The maximum absolute atomic E-state index is 13.8. The van der Waals surface area contributed by atoms with E-state index in [0.29, 0.717) is 26.5 Å². The standard InChI is InChI=1S/C24H20N2O6S3/c1-3-32-23(30)11-4-7-13(8-5-11)26-21(28)17-16(12-6-9-15(31-2)14(27)10-12)18-20(25-24(33)35-18)34-19(17)22(26)29/h4-10,16-17,19,27H,3H2,1-2H3,(H,25,33)/t16-,17-,19-/m0/s1. The van der Waals surface area contributed by atoms with E-state index in [0.717, 1.165) is 9.90 Å². The molecule has 0 unspecified atom stereocenters. The van der Waals surface area contributed by atoms with E-state index in [1.54, 1.807) is 37.3 Å². The molecule has 2 amide bonds. The van der Waals surface area contributed by atoms with E-state index in [4.69, 9.17) is 21.7 Å². The Morgan fingerprint density at radius 1 is 1.17 bits per heavy atom. The van der Waals surface area contributed by atoms with Crippen LogP contribution in [-0.4, -0.2) is 46.8 Å². The maximum atomic E-state index is 13.8. The summed E-state index contributed by atoms with van der Waals surface area (Å²) in [6, 6.07) is 11.2. The van der Waals surface area contributed by atoms with Crippen LogP contribution in [-0.2, 0) is 14.3 Å². The second kappa shape index (κ2) is 9.14. The number of aromatic hydroxyl groups is 1. The number of phenolic OH excluding ortho intramolecular Hbond substituents is 1. The Labute approximate surface area is 213 Å². The Bertz CT molecular complexity index is 1400. The number of aromatic amines is 1. The number of nitrogens with zero attached hydrogens (tertiary/aromatic N) is 1. The molecule has 1 aromatic heterocycles. The quantitative estimate of drug-likeness (QED) is 0.283. The zero-order valence-electron chi connectivity index (χ0n) is 18.6. The van der Waals surface area contributed by atoms with Crippen molar-refractivity contribution in [1.82, 2.24) is 4.98 Å². The number of hydrogen-bond donors (Lipinski definition) is 2. The number of amides is 2. The summed E-state index contributed by atoms with van der Waals surface area (Å²) in [5.41, 5.74) is 1.41. The van der Waals surface area contributed by atoms with Crippen LogP contribution in [0.1, 0.15) is 33.6 Å². The van der Waals surface area contributed by atoms with Gasteiger partial charge in [0.15, 0.2) is 15.5 Å². The summed E-state index contributed by atoms with van der Waals surface area (Å²) in [4.78, 5) is 44.5. The van der Waals surface area contributed by atoms with E-state index in [1.165, 1.54) is 47.2 Å². The van der Waals surface area contributed by atoms with Crippen molar-refractivity contribution < 1.29 is 29.0 Å². The third-order valence-electron chi connectivity index (χ3n) is 6.02. The third-order valence-corrected chi connectivity index (χ3v) is 8.78. The molecular formula is C24H20N2O6S3. The molecule has 0 spiro atoms. The first-order chi connectivity index (χ1) is 16.8. The summed E-state index contributed by atoms with van der Waals surface area (Å²) in [5.74, 6) is -2.07. The number of methoxy groups -OCH3 is 1. The average molecular weight is 529 g/mol. The lowest BCUT2D eigenvalue weighted by Crippen LogP contribution is -2.32. The summed E-state index contributed by atoms with van der Waals surface area (Å²) in [6.07, 6.45) is 0. The first kappa shape index (κ1) is 23.6. The molecule has 2 aliphatic rings. The number of fused-ring (bicyclic) bond motifs is 2. The molecule has 2 aromatic carbocycles. The van der Waals surface area contributed by atoms with E-state index < -0.39 is 23.1 Å². The number of anilines is 1. The van der Waals surface area contributed by atoms with Gasteiger partial charge in [-0.1, -0.05) is 17.8 Å². The number of thiazole rings is 1. The second-order valence-corrected chi connectivity index (χ2v) is 10.8. The first-order valence-corrected chi connectivity index (χ1v) is 12.9. The van der Waals surface area contributed by atoms with E-state index in [9.17, 15) is 19.5 Å². The molecule has 0 aliphatic carbocycles. The molecule has 11 heteroatoms. The number of ether oxygens (including phenoxy) is 2. The van der Waals surface area contributed by atoms with Gasteiger partial charge in [0.25, 0.3) is 0 Å². The molecule has 2 aliphatic heterocycles. The molecule has 35 heavy (non-hydrogen) atoms. The van der Waals surface area contributed by atoms with Crippen LogP contribution in [0.4, 0.5) is 5.69 Å². The topological polar surface area (TPSA) is 109 Å². The van der Waals surface area contributed by atoms with Crippen molar-refractivity contribution in [3.8, 4) is 11.5 Å². The highest BCUT2D eigenvalue weighted by Crippen LogP contribution is 2.54. The van der Waals surface area contributed by atoms with Crippen molar-refractivity contribution >= 4 is 58.8 Å². The Balaban J connectivity index is 1.56. The van der Waals surface area contributed by atoms with Gasteiger partial charge in [0.1, 0.15) is 5.25 Å². The van der Waals surface area contributed by atoms with Gasteiger partial charge in [0, 0.05) is 10.8 Å². The zero-order valence-corrected chi connectivity index (χ0v) is 21.1. The van der Waals surface area contributed by atoms with Crippen LogP contribution in [0.15, 0.2) is 47.5 Å². The largest absolute Gasteiger partial charge is 0.504 e.